The highest BCUT2D eigenvalue weighted by molar-refractivity contribution is 5.99. The quantitative estimate of drug-likeness (QED) is 0.686. The van der Waals surface area contributed by atoms with Crippen LogP contribution in [0.15, 0.2) is 66.7 Å². The predicted octanol–water partition coefficient (Wildman–Crippen LogP) is 4.88. The van der Waals surface area contributed by atoms with Crippen molar-refractivity contribution in [1.29, 1.82) is 0 Å². The number of phenols is 1. The van der Waals surface area contributed by atoms with Crippen LogP contribution >= 0.6 is 0 Å². The molecular weight excluding hydrogens is 350 g/mol. The Balaban J connectivity index is 1.63. The monoisotopic (exact) mass is 373 g/mol. The van der Waals surface area contributed by atoms with E-state index >= 15 is 0 Å². The SMILES string of the molecule is COc1cccc2c1CCCC2NC(=O)c1cccc(-c2ccccc2)c1O. The average Bonchev–Trinajstić information content (AvgIpc) is 2.74. The fraction of sp³-hybridized carbons (Fsp3) is 0.208. The standard InChI is InChI=1S/C24H23NO3/c1-28-22-15-7-11-18-19(22)12-6-14-21(18)25-24(27)20-13-5-10-17(23(20)26)16-8-3-2-4-9-16/h2-5,7-11,13,15,21,26H,6,12,14H2,1H3,(H,25,27). The molecule has 0 heterocycles. The Morgan fingerprint density at radius 3 is 2.61 bits per heavy atom. The lowest BCUT2D eigenvalue weighted by Crippen LogP contribution is -2.31. The van der Waals surface area contributed by atoms with E-state index in [1.807, 2.05) is 54.6 Å². The van der Waals surface area contributed by atoms with Crippen LogP contribution in [0.5, 0.6) is 11.5 Å². The number of hydrogen-bond donors (Lipinski definition) is 2. The van der Waals surface area contributed by atoms with E-state index in [4.69, 9.17) is 4.74 Å². The zero-order valence-electron chi connectivity index (χ0n) is 15.8. The highest BCUT2D eigenvalue weighted by atomic mass is 16.5. The maximum absolute atomic E-state index is 13.0. The molecule has 1 atom stereocenters. The van der Waals surface area contributed by atoms with E-state index in [0.29, 0.717) is 5.56 Å². The van der Waals surface area contributed by atoms with Gasteiger partial charge in [0.05, 0.1) is 18.7 Å². The molecule has 0 radical (unpaired) electrons. The normalized spacial score (nSPS) is 15.5. The van der Waals surface area contributed by atoms with Crippen molar-refractivity contribution < 1.29 is 14.6 Å². The number of carbonyl (C=O) groups excluding carboxylic acids is 1. The second-order valence-corrected chi connectivity index (χ2v) is 7.01. The molecule has 4 heteroatoms. The summed E-state index contributed by atoms with van der Waals surface area (Å²) in [5, 5.41) is 13.8. The van der Waals surface area contributed by atoms with E-state index in [0.717, 1.165) is 41.7 Å². The summed E-state index contributed by atoms with van der Waals surface area (Å²) in [6.45, 7) is 0. The zero-order valence-corrected chi connectivity index (χ0v) is 15.8. The predicted molar refractivity (Wildman–Crippen MR) is 110 cm³/mol. The molecule has 0 aromatic heterocycles. The molecule has 1 aliphatic carbocycles. The molecule has 1 unspecified atom stereocenters. The molecule has 1 aliphatic rings. The van der Waals surface area contributed by atoms with Crippen LogP contribution in [0, 0.1) is 0 Å². The molecule has 3 aromatic carbocycles. The Morgan fingerprint density at radius 2 is 1.82 bits per heavy atom. The first kappa shape index (κ1) is 18.1. The fourth-order valence-electron chi connectivity index (χ4n) is 3.97. The van der Waals surface area contributed by atoms with E-state index < -0.39 is 0 Å². The highest BCUT2D eigenvalue weighted by Crippen LogP contribution is 2.36. The van der Waals surface area contributed by atoms with Crippen molar-refractivity contribution in [3.05, 3.63) is 83.4 Å². The summed E-state index contributed by atoms with van der Waals surface area (Å²) in [5.74, 6) is 0.606. The minimum absolute atomic E-state index is 0.00729. The lowest BCUT2D eigenvalue weighted by Gasteiger charge is -2.27. The van der Waals surface area contributed by atoms with Gasteiger partial charge in [0.25, 0.3) is 5.91 Å². The first-order valence-corrected chi connectivity index (χ1v) is 9.53. The molecule has 1 amide bonds. The van der Waals surface area contributed by atoms with E-state index in [9.17, 15) is 9.90 Å². The number of carbonyl (C=O) groups is 1. The molecule has 28 heavy (non-hydrogen) atoms. The summed E-state index contributed by atoms with van der Waals surface area (Å²) < 4.78 is 5.48. The molecule has 4 rings (SSSR count). The van der Waals surface area contributed by atoms with Crippen molar-refractivity contribution in [2.45, 2.75) is 25.3 Å². The number of benzene rings is 3. The van der Waals surface area contributed by atoms with Crippen LogP contribution < -0.4 is 10.1 Å². The molecular formula is C24H23NO3. The van der Waals surface area contributed by atoms with E-state index in [1.54, 1.807) is 19.2 Å². The Morgan fingerprint density at radius 1 is 1.04 bits per heavy atom. The van der Waals surface area contributed by atoms with E-state index in [2.05, 4.69) is 5.32 Å². The molecule has 0 fully saturated rings. The van der Waals surface area contributed by atoms with Crippen LogP contribution in [0.3, 0.4) is 0 Å². The van der Waals surface area contributed by atoms with Crippen LogP contribution in [0.1, 0.15) is 40.4 Å². The third-order valence-electron chi connectivity index (χ3n) is 5.35. The zero-order chi connectivity index (χ0) is 19.5. The number of methoxy groups -OCH3 is 1. The molecule has 2 N–H and O–H groups in total. The molecule has 4 nitrogen and oxygen atoms in total. The molecule has 0 saturated carbocycles. The minimum atomic E-state index is -0.268. The number of aromatic hydroxyl groups is 1. The maximum Gasteiger partial charge on any atom is 0.255 e. The van der Waals surface area contributed by atoms with Crippen molar-refractivity contribution in [3.8, 4) is 22.6 Å². The number of ether oxygens (including phenoxy) is 1. The topological polar surface area (TPSA) is 58.6 Å². The van der Waals surface area contributed by atoms with Gasteiger partial charge in [-0.1, -0.05) is 54.6 Å². The molecule has 3 aromatic rings. The third kappa shape index (κ3) is 3.33. The van der Waals surface area contributed by atoms with Crippen molar-refractivity contribution in [1.82, 2.24) is 5.32 Å². The Labute approximate surface area is 164 Å². The first-order chi connectivity index (χ1) is 13.7. The number of rotatable bonds is 4. The van der Waals surface area contributed by atoms with Gasteiger partial charge in [-0.25, -0.2) is 0 Å². The minimum Gasteiger partial charge on any atom is -0.506 e. The van der Waals surface area contributed by atoms with Gasteiger partial charge < -0.3 is 15.2 Å². The lowest BCUT2D eigenvalue weighted by atomic mass is 9.87. The smallest absolute Gasteiger partial charge is 0.255 e. The second-order valence-electron chi connectivity index (χ2n) is 7.01. The van der Waals surface area contributed by atoms with Crippen molar-refractivity contribution >= 4 is 5.91 Å². The Kier molecular flexibility index (Phi) is 5.02. The van der Waals surface area contributed by atoms with Crippen LogP contribution in [-0.4, -0.2) is 18.1 Å². The molecule has 0 saturated heterocycles. The van der Waals surface area contributed by atoms with Gasteiger partial charge in [0, 0.05) is 5.56 Å². The van der Waals surface area contributed by atoms with Crippen molar-refractivity contribution in [2.75, 3.05) is 7.11 Å². The van der Waals surface area contributed by atoms with E-state index in [1.165, 1.54) is 0 Å². The van der Waals surface area contributed by atoms with Crippen LogP contribution in [-0.2, 0) is 6.42 Å². The Bertz CT molecular complexity index is 998. The molecule has 0 spiro atoms. The number of para-hydroxylation sites is 1. The summed E-state index contributed by atoms with van der Waals surface area (Å²) >= 11 is 0. The maximum atomic E-state index is 13.0. The van der Waals surface area contributed by atoms with E-state index in [-0.39, 0.29) is 23.3 Å². The van der Waals surface area contributed by atoms with Gasteiger partial charge in [-0.05, 0) is 48.1 Å². The molecule has 0 aliphatic heterocycles. The summed E-state index contributed by atoms with van der Waals surface area (Å²) in [6, 6.07) is 20.7. The third-order valence-corrected chi connectivity index (χ3v) is 5.35. The number of amides is 1. The summed E-state index contributed by atoms with van der Waals surface area (Å²) in [5.41, 5.74) is 4.07. The van der Waals surface area contributed by atoms with Gasteiger partial charge in [0.2, 0.25) is 0 Å². The summed E-state index contributed by atoms with van der Waals surface area (Å²) in [7, 11) is 1.67. The number of phenolic OH excluding ortho intramolecular Hbond substituents is 1. The molecule has 142 valence electrons. The van der Waals surface area contributed by atoms with Gasteiger partial charge in [-0.2, -0.15) is 0 Å². The first-order valence-electron chi connectivity index (χ1n) is 9.53. The van der Waals surface area contributed by atoms with Crippen LogP contribution in [0.2, 0.25) is 0 Å². The summed E-state index contributed by atoms with van der Waals surface area (Å²) in [4.78, 5) is 13.0. The molecule has 0 bridgehead atoms. The Hall–Kier alpha value is -3.27. The number of hydrogen-bond acceptors (Lipinski definition) is 3. The summed E-state index contributed by atoms with van der Waals surface area (Å²) in [6.07, 6.45) is 2.79. The van der Waals surface area contributed by atoms with Gasteiger partial charge >= 0.3 is 0 Å². The highest BCUT2D eigenvalue weighted by Gasteiger charge is 2.25. The fourth-order valence-corrected chi connectivity index (χ4v) is 3.97. The van der Waals surface area contributed by atoms with Gasteiger partial charge in [0.1, 0.15) is 11.5 Å². The van der Waals surface area contributed by atoms with Gasteiger partial charge in [-0.3, -0.25) is 4.79 Å². The van der Waals surface area contributed by atoms with Crippen molar-refractivity contribution in [2.24, 2.45) is 0 Å². The number of nitrogens with one attached hydrogen (secondary N) is 1. The van der Waals surface area contributed by atoms with Gasteiger partial charge in [0.15, 0.2) is 0 Å². The average molecular weight is 373 g/mol. The second kappa shape index (κ2) is 7.77. The largest absolute Gasteiger partial charge is 0.506 e. The lowest BCUT2D eigenvalue weighted by molar-refractivity contribution is 0.0930. The van der Waals surface area contributed by atoms with Crippen LogP contribution in [0.25, 0.3) is 11.1 Å². The van der Waals surface area contributed by atoms with Crippen LogP contribution in [0.4, 0.5) is 0 Å². The van der Waals surface area contributed by atoms with Crippen molar-refractivity contribution in [3.63, 3.8) is 0 Å². The number of fused-ring (bicyclic) bond motifs is 1. The van der Waals surface area contributed by atoms with Gasteiger partial charge in [-0.15, -0.1) is 0 Å².